The minimum atomic E-state index is -0.550. The van der Waals surface area contributed by atoms with Crippen LogP contribution in [-0.2, 0) is 9.53 Å². The van der Waals surface area contributed by atoms with Crippen molar-refractivity contribution in [3.05, 3.63) is 45.4 Å². The highest BCUT2D eigenvalue weighted by molar-refractivity contribution is 6.02. The molecule has 1 amide bonds. The van der Waals surface area contributed by atoms with Gasteiger partial charge in [0.15, 0.2) is 0 Å². The monoisotopic (exact) mass is 381 g/mol. The molecule has 2 aromatic rings. The maximum Gasteiger partial charge on any atom is 0.267 e. The molecule has 8 nitrogen and oxygen atoms in total. The molecule has 1 N–H and O–H groups in total. The molecule has 0 saturated carbocycles. The molecule has 0 spiro atoms. The lowest BCUT2D eigenvalue weighted by molar-refractivity contribution is -0.116. The van der Waals surface area contributed by atoms with Crippen molar-refractivity contribution in [2.45, 2.75) is 33.0 Å². The molecular formula is C20H23N5O3. The van der Waals surface area contributed by atoms with E-state index in [0.717, 1.165) is 5.56 Å². The van der Waals surface area contributed by atoms with E-state index in [0.29, 0.717) is 24.6 Å². The summed E-state index contributed by atoms with van der Waals surface area (Å²) in [6.07, 6.45) is 2.89. The van der Waals surface area contributed by atoms with Gasteiger partial charge in [0.2, 0.25) is 0 Å². The third kappa shape index (κ3) is 3.62. The van der Waals surface area contributed by atoms with Crippen LogP contribution < -0.4 is 15.8 Å². The molecule has 1 aliphatic rings. The van der Waals surface area contributed by atoms with Crippen molar-refractivity contribution in [2.75, 3.05) is 25.0 Å². The van der Waals surface area contributed by atoms with Crippen LogP contribution in [0.4, 0.5) is 5.82 Å². The van der Waals surface area contributed by atoms with Crippen LogP contribution in [0.2, 0.25) is 0 Å². The summed E-state index contributed by atoms with van der Waals surface area (Å²) in [5.74, 6) is -0.0937. The number of rotatable bonds is 3. The smallest absolute Gasteiger partial charge is 0.267 e. The zero-order valence-electron chi connectivity index (χ0n) is 16.4. The number of pyridine rings is 1. The molecular weight excluding hydrogens is 358 g/mol. The van der Waals surface area contributed by atoms with Gasteiger partial charge in [0, 0.05) is 26.3 Å². The Labute approximate surface area is 163 Å². The van der Waals surface area contributed by atoms with E-state index in [1.54, 1.807) is 12.3 Å². The Hall–Kier alpha value is -3.18. The molecule has 2 aromatic heterocycles. The summed E-state index contributed by atoms with van der Waals surface area (Å²) in [5.41, 5.74) is 1.14. The van der Waals surface area contributed by atoms with Gasteiger partial charge in [-0.1, -0.05) is 6.07 Å². The number of nitrogens with zero attached hydrogens (tertiary/aromatic N) is 4. The van der Waals surface area contributed by atoms with Gasteiger partial charge in [-0.05, 0) is 38.5 Å². The number of fused-ring (bicyclic) bond motifs is 1. The van der Waals surface area contributed by atoms with Crippen LogP contribution in [0.5, 0.6) is 0 Å². The molecule has 0 radical (unpaired) electrons. The Kier molecular flexibility index (Phi) is 5.47. The average molecular weight is 381 g/mol. The predicted octanol–water partition coefficient (Wildman–Crippen LogP) is 1.27. The summed E-state index contributed by atoms with van der Waals surface area (Å²) in [5, 5.41) is 11.8. The van der Waals surface area contributed by atoms with Crippen LogP contribution in [0.1, 0.15) is 25.0 Å². The second-order valence-electron chi connectivity index (χ2n) is 6.95. The molecule has 146 valence electrons. The first-order chi connectivity index (χ1) is 13.3. The number of hydrogen-bond acceptors (Lipinski definition) is 6. The number of nitriles is 1. The first-order valence-corrected chi connectivity index (χ1v) is 9.12. The highest BCUT2D eigenvalue weighted by Crippen LogP contribution is 2.24. The molecule has 3 rings (SSSR count). The lowest BCUT2D eigenvalue weighted by Gasteiger charge is -2.36. The maximum absolute atomic E-state index is 13.2. The molecule has 2 unspecified atom stereocenters. The van der Waals surface area contributed by atoms with Gasteiger partial charge in [0.05, 0.1) is 17.8 Å². The highest BCUT2D eigenvalue weighted by Gasteiger charge is 2.27. The molecule has 1 saturated heterocycles. The third-order valence-corrected chi connectivity index (χ3v) is 4.66. The van der Waals surface area contributed by atoms with Crippen LogP contribution >= 0.6 is 0 Å². The SMILES string of the molecule is CNC(=O)C(C#N)=Cc1c(N2CC(C)OC(C)C2)nc2c(C)cccn2c1=O. The van der Waals surface area contributed by atoms with E-state index in [-0.39, 0.29) is 28.9 Å². The number of hydrogen-bond donors (Lipinski definition) is 1. The number of morpholine rings is 1. The Balaban J connectivity index is 2.30. The van der Waals surface area contributed by atoms with Crippen molar-refractivity contribution in [2.24, 2.45) is 0 Å². The van der Waals surface area contributed by atoms with E-state index >= 15 is 0 Å². The summed E-state index contributed by atoms with van der Waals surface area (Å²) >= 11 is 0. The van der Waals surface area contributed by atoms with E-state index in [9.17, 15) is 14.9 Å². The molecule has 1 fully saturated rings. The fraction of sp³-hybridized carbons (Fsp3) is 0.400. The van der Waals surface area contributed by atoms with Crippen LogP contribution in [-0.4, -0.2) is 47.6 Å². The van der Waals surface area contributed by atoms with Gasteiger partial charge in [0.1, 0.15) is 23.1 Å². The number of ether oxygens (including phenoxy) is 1. The van der Waals surface area contributed by atoms with E-state index in [4.69, 9.17) is 9.72 Å². The number of amides is 1. The Morgan fingerprint density at radius 3 is 2.68 bits per heavy atom. The van der Waals surface area contributed by atoms with Crippen LogP contribution in [0.25, 0.3) is 11.7 Å². The summed E-state index contributed by atoms with van der Waals surface area (Å²) in [6, 6.07) is 5.52. The van der Waals surface area contributed by atoms with Gasteiger partial charge >= 0.3 is 0 Å². The van der Waals surface area contributed by atoms with Crippen LogP contribution in [0, 0.1) is 18.3 Å². The predicted molar refractivity (Wildman–Crippen MR) is 106 cm³/mol. The van der Waals surface area contributed by atoms with Gasteiger partial charge in [-0.3, -0.25) is 14.0 Å². The van der Waals surface area contributed by atoms with E-state index < -0.39 is 5.91 Å². The Morgan fingerprint density at radius 2 is 2.07 bits per heavy atom. The molecule has 3 heterocycles. The molecule has 2 atom stereocenters. The average Bonchev–Trinajstić information content (AvgIpc) is 2.66. The largest absolute Gasteiger partial charge is 0.372 e. The molecule has 28 heavy (non-hydrogen) atoms. The lowest BCUT2D eigenvalue weighted by Crippen LogP contribution is -2.46. The minimum Gasteiger partial charge on any atom is -0.372 e. The summed E-state index contributed by atoms with van der Waals surface area (Å²) in [4.78, 5) is 32.0. The highest BCUT2D eigenvalue weighted by atomic mass is 16.5. The summed E-state index contributed by atoms with van der Waals surface area (Å²) < 4.78 is 7.23. The van der Waals surface area contributed by atoms with Gasteiger partial charge in [-0.25, -0.2) is 4.98 Å². The first-order valence-electron chi connectivity index (χ1n) is 9.12. The van der Waals surface area contributed by atoms with Crippen molar-refractivity contribution >= 4 is 23.4 Å². The summed E-state index contributed by atoms with van der Waals surface area (Å²) in [6.45, 7) is 6.92. The first kappa shape index (κ1) is 19.6. The van der Waals surface area contributed by atoms with Crippen molar-refractivity contribution in [1.29, 1.82) is 5.26 Å². The number of likely N-dealkylation sites (N-methyl/N-ethyl adjacent to an activating group) is 1. The molecule has 0 aromatic carbocycles. The fourth-order valence-electron chi connectivity index (χ4n) is 3.45. The summed E-state index contributed by atoms with van der Waals surface area (Å²) in [7, 11) is 1.44. The van der Waals surface area contributed by atoms with Gasteiger partial charge in [-0.15, -0.1) is 0 Å². The molecule has 0 bridgehead atoms. The second kappa shape index (κ2) is 7.82. The Bertz CT molecular complexity index is 1040. The number of anilines is 1. The number of aryl methyl sites for hydroxylation is 1. The normalized spacial score (nSPS) is 20.1. The number of carbonyl (C=O) groups is 1. The van der Waals surface area contributed by atoms with E-state index in [1.165, 1.54) is 17.5 Å². The Morgan fingerprint density at radius 1 is 1.39 bits per heavy atom. The molecule has 0 aliphatic carbocycles. The maximum atomic E-state index is 13.2. The van der Waals surface area contributed by atoms with Crippen molar-refractivity contribution in [3.8, 4) is 6.07 Å². The third-order valence-electron chi connectivity index (χ3n) is 4.66. The van der Waals surface area contributed by atoms with E-state index in [1.807, 2.05) is 37.8 Å². The van der Waals surface area contributed by atoms with Gasteiger partial charge < -0.3 is 15.0 Å². The standard InChI is InChI=1S/C20H23N5O3/c1-12-6-5-7-25-17(12)23-18(24-10-13(2)28-14(3)11-24)16(20(25)27)8-15(9-21)19(26)22-4/h5-8,13-14H,10-11H2,1-4H3,(H,22,26). The number of nitrogens with one attached hydrogen (secondary N) is 1. The fourth-order valence-corrected chi connectivity index (χ4v) is 3.45. The van der Waals surface area contributed by atoms with Gasteiger partial charge in [-0.2, -0.15) is 5.26 Å². The van der Waals surface area contributed by atoms with E-state index in [2.05, 4.69) is 5.32 Å². The minimum absolute atomic E-state index is 0.0351. The number of carbonyl (C=O) groups excluding carboxylic acids is 1. The second-order valence-corrected chi connectivity index (χ2v) is 6.95. The zero-order chi connectivity index (χ0) is 20.4. The lowest BCUT2D eigenvalue weighted by atomic mass is 10.1. The quantitative estimate of drug-likeness (QED) is 0.635. The van der Waals surface area contributed by atoms with Crippen molar-refractivity contribution in [1.82, 2.24) is 14.7 Å². The van der Waals surface area contributed by atoms with Crippen molar-refractivity contribution < 1.29 is 9.53 Å². The topological polar surface area (TPSA) is 99.7 Å². The molecule has 8 heteroatoms. The van der Waals surface area contributed by atoms with Crippen molar-refractivity contribution in [3.63, 3.8) is 0 Å². The number of aromatic nitrogens is 2. The van der Waals surface area contributed by atoms with Crippen LogP contribution in [0.15, 0.2) is 28.7 Å². The zero-order valence-corrected chi connectivity index (χ0v) is 16.4. The molecule has 1 aliphatic heterocycles. The van der Waals surface area contributed by atoms with Gasteiger partial charge in [0.25, 0.3) is 11.5 Å². The van der Waals surface area contributed by atoms with Crippen LogP contribution in [0.3, 0.4) is 0 Å².